The highest BCUT2D eigenvalue weighted by atomic mass is 19.1. The van der Waals surface area contributed by atoms with Gasteiger partial charge in [0.2, 0.25) is 0 Å². The Morgan fingerprint density at radius 3 is 1.43 bits per heavy atom. The molecule has 0 spiro atoms. The van der Waals surface area contributed by atoms with E-state index in [0.717, 1.165) is 24.3 Å². The van der Waals surface area contributed by atoms with E-state index >= 15 is 0 Å². The van der Waals surface area contributed by atoms with Crippen molar-refractivity contribution in [3.05, 3.63) is 35.9 Å². The maximum absolute atomic E-state index is 13.2. The molecule has 14 heavy (non-hydrogen) atoms. The molecular formula is C10H6F2O2. The van der Waals surface area contributed by atoms with Crippen molar-refractivity contribution in [1.82, 2.24) is 0 Å². The Bertz CT molecular complexity index is 462. The van der Waals surface area contributed by atoms with Crippen LogP contribution in [0.5, 0.6) is 11.5 Å². The van der Waals surface area contributed by atoms with Gasteiger partial charge in [0, 0.05) is 22.9 Å². The third-order valence-electron chi connectivity index (χ3n) is 1.94. The van der Waals surface area contributed by atoms with Crippen molar-refractivity contribution >= 4 is 10.8 Å². The summed E-state index contributed by atoms with van der Waals surface area (Å²) >= 11 is 0. The lowest BCUT2D eigenvalue weighted by Gasteiger charge is -2.03. The first-order valence-electron chi connectivity index (χ1n) is 3.88. The van der Waals surface area contributed by atoms with Gasteiger partial charge in [0.05, 0.1) is 0 Å². The monoisotopic (exact) mass is 196 g/mol. The lowest BCUT2D eigenvalue weighted by Crippen LogP contribution is -1.84. The van der Waals surface area contributed by atoms with Gasteiger partial charge in [-0.3, -0.25) is 0 Å². The van der Waals surface area contributed by atoms with E-state index in [1.165, 1.54) is 0 Å². The highest BCUT2D eigenvalue weighted by molar-refractivity contribution is 5.86. The number of halogens is 2. The normalized spacial score (nSPS) is 10.7. The minimum atomic E-state index is -0.769. The van der Waals surface area contributed by atoms with Crippen LogP contribution < -0.4 is 0 Å². The van der Waals surface area contributed by atoms with Crippen LogP contribution in [0.4, 0.5) is 8.78 Å². The standard InChI is InChI=1S/C10H6F2O2/c11-9-4-6(14)2-8-7(9)1-5(13)3-10(8)12/h1-4,13-14H. The van der Waals surface area contributed by atoms with Crippen molar-refractivity contribution in [2.24, 2.45) is 0 Å². The molecule has 0 saturated carbocycles. The molecule has 2 rings (SSSR count). The average molecular weight is 196 g/mol. The predicted molar refractivity (Wildman–Crippen MR) is 47.2 cm³/mol. The molecule has 2 N–H and O–H groups in total. The summed E-state index contributed by atoms with van der Waals surface area (Å²) in [4.78, 5) is 0. The minimum absolute atomic E-state index is 0.0553. The van der Waals surface area contributed by atoms with Gasteiger partial charge in [-0.25, -0.2) is 8.78 Å². The summed E-state index contributed by atoms with van der Waals surface area (Å²) in [6, 6.07) is 3.93. The topological polar surface area (TPSA) is 40.5 Å². The molecular weight excluding hydrogens is 190 g/mol. The highest BCUT2D eigenvalue weighted by Crippen LogP contribution is 2.29. The molecule has 4 heteroatoms. The van der Waals surface area contributed by atoms with Crippen molar-refractivity contribution in [3.63, 3.8) is 0 Å². The van der Waals surface area contributed by atoms with Crippen LogP contribution in [0, 0.1) is 11.6 Å². The van der Waals surface area contributed by atoms with Crippen molar-refractivity contribution in [3.8, 4) is 11.5 Å². The fourth-order valence-corrected chi connectivity index (χ4v) is 1.34. The minimum Gasteiger partial charge on any atom is -0.508 e. The molecule has 0 fully saturated rings. The molecule has 2 aromatic rings. The zero-order valence-corrected chi connectivity index (χ0v) is 6.96. The molecule has 72 valence electrons. The summed E-state index contributed by atoms with van der Waals surface area (Å²) in [5.74, 6) is -2.23. The molecule has 0 atom stereocenters. The van der Waals surface area contributed by atoms with E-state index in [2.05, 4.69) is 0 Å². The smallest absolute Gasteiger partial charge is 0.134 e. The number of fused-ring (bicyclic) bond motifs is 1. The molecule has 0 bridgehead atoms. The van der Waals surface area contributed by atoms with E-state index in [1.54, 1.807) is 0 Å². The number of phenolic OH excluding ortho intramolecular Hbond substituents is 2. The average Bonchev–Trinajstić information content (AvgIpc) is 2.07. The molecule has 0 unspecified atom stereocenters. The van der Waals surface area contributed by atoms with Crippen molar-refractivity contribution in [1.29, 1.82) is 0 Å². The molecule has 0 saturated heterocycles. The van der Waals surface area contributed by atoms with Gasteiger partial charge in [-0.05, 0) is 12.1 Å². The quantitative estimate of drug-likeness (QED) is 0.679. The molecule has 0 aliphatic rings. The Balaban J connectivity index is 2.94. The van der Waals surface area contributed by atoms with Crippen LogP contribution in [0.15, 0.2) is 24.3 Å². The number of benzene rings is 2. The van der Waals surface area contributed by atoms with E-state index in [-0.39, 0.29) is 22.3 Å². The van der Waals surface area contributed by atoms with E-state index in [9.17, 15) is 8.78 Å². The SMILES string of the molecule is Oc1cc(F)c2cc(O)cc(F)c2c1. The van der Waals surface area contributed by atoms with Gasteiger partial charge in [0.25, 0.3) is 0 Å². The second-order valence-electron chi connectivity index (χ2n) is 2.95. The lowest BCUT2D eigenvalue weighted by molar-refractivity contribution is 0.465. The summed E-state index contributed by atoms with van der Waals surface area (Å²) in [5, 5.41) is 18.0. The number of aromatic hydroxyl groups is 2. The Morgan fingerprint density at radius 2 is 1.07 bits per heavy atom. The van der Waals surface area contributed by atoms with Crippen molar-refractivity contribution < 1.29 is 19.0 Å². The van der Waals surface area contributed by atoms with E-state index in [1.807, 2.05) is 0 Å². The first kappa shape index (κ1) is 8.74. The van der Waals surface area contributed by atoms with Crippen LogP contribution >= 0.6 is 0 Å². The molecule has 0 aromatic heterocycles. The molecule has 0 aliphatic carbocycles. The predicted octanol–water partition coefficient (Wildman–Crippen LogP) is 2.53. The fourth-order valence-electron chi connectivity index (χ4n) is 1.34. The maximum atomic E-state index is 13.2. The molecule has 0 aliphatic heterocycles. The van der Waals surface area contributed by atoms with Gasteiger partial charge in [-0.2, -0.15) is 0 Å². The van der Waals surface area contributed by atoms with E-state index < -0.39 is 11.6 Å². The lowest BCUT2D eigenvalue weighted by atomic mass is 10.1. The van der Waals surface area contributed by atoms with Gasteiger partial charge >= 0.3 is 0 Å². The van der Waals surface area contributed by atoms with Gasteiger partial charge < -0.3 is 10.2 Å². The fraction of sp³-hybridized carbons (Fsp3) is 0. The van der Waals surface area contributed by atoms with E-state index in [0.29, 0.717) is 0 Å². The van der Waals surface area contributed by atoms with Crippen molar-refractivity contribution in [2.75, 3.05) is 0 Å². The number of hydrogen-bond acceptors (Lipinski definition) is 2. The molecule has 0 radical (unpaired) electrons. The highest BCUT2D eigenvalue weighted by Gasteiger charge is 2.09. The third kappa shape index (κ3) is 1.25. The van der Waals surface area contributed by atoms with Gasteiger partial charge in [-0.15, -0.1) is 0 Å². The van der Waals surface area contributed by atoms with Crippen LogP contribution in [0.25, 0.3) is 10.8 Å². The second kappa shape index (κ2) is 2.83. The molecule has 0 heterocycles. The number of hydrogen-bond donors (Lipinski definition) is 2. The third-order valence-corrected chi connectivity index (χ3v) is 1.94. The van der Waals surface area contributed by atoms with Crippen LogP contribution in [0.2, 0.25) is 0 Å². The summed E-state index contributed by atoms with van der Waals surface area (Å²) < 4.78 is 26.3. The first-order chi connectivity index (χ1) is 6.58. The summed E-state index contributed by atoms with van der Waals surface area (Å²) in [6.45, 7) is 0. The zero-order chi connectivity index (χ0) is 10.3. The Morgan fingerprint density at radius 1 is 0.714 bits per heavy atom. The first-order valence-corrected chi connectivity index (χ1v) is 3.88. The largest absolute Gasteiger partial charge is 0.508 e. The Kier molecular flexibility index (Phi) is 1.77. The van der Waals surface area contributed by atoms with Gasteiger partial charge in [-0.1, -0.05) is 0 Å². The maximum Gasteiger partial charge on any atom is 0.134 e. The molecule has 0 amide bonds. The van der Waals surface area contributed by atoms with Crippen LogP contribution in [0.3, 0.4) is 0 Å². The molecule has 2 nitrogen and oxygen atoms in total. The number of rotatable bonds is 0. The van der Waals surface area contributed by atoms with Gasteiger partial charge in [0.1, 0.15) is 23.1 Å². The summed E-state index contributed by atoms with van der Waals surface area (Å²) in [6.07, 6.45) is 0. The van der Waals surface area contributed by atoms with Crippen LogP contribution in [-0.2, 0) is 0 Å². The second-order valence-corrected chi connectivity index (χ2v) is 2.95. The summed E-state index contributed by atoms with van der Waals surface area (Å²) in [7, 11) is 0. The van der Waals surface area contributed by atoms with Crippen LogP contribution in [-0.4, -0.2) is 10.2 Å². The number of phenols is 2. The van der Waals surface area contributed by atoms with Gasteiger partial charge in [0.15, 0.2) is 0 Å². The Labute approximate surface area is 78.0 Å². The zero-order valence-electron chi connectivity index (χ0n) is 6.96. The van der Waals surface area contributed by atoms with Crippen LogP contribution in [0.1, 0.15) is 0 Å². The van der Waals surface area contributed by atoms with Crippen molar-refractivity contribution in [2.45, 2.75) is 0 Å². The van der Waals surface area contributed by atoms with E-state index in [4.69, 9.17) is 10.2 Å². The summed E-state index contributed by atoms with van der Waals surface area (Å²) in [5.41, 5.74) is 0. The Hall–Kier alpha value is -1.84. The molecule has 2 aromatic carbocycles.